The van der Waals surface area contributed by atoms with Crippen LogP contribution >= 0.6 is 24.0 Å². The van der Waals surface area contributed by atoms with Gasteiger partial charge < -0.3 is 19.9 Å². The monoisotopic (exact) mass is 398 g/mol. The number of ether oxygens (including phenoxy) is 1. The number of hydrogen-bond acceptors (Lipinski definition) is 5. The first kappa shape index (κ1) is 19.0. The zero-order chi connectivity index (χ0) is 18.7. The van der Waals surface area contributed by atoms with Crippen molar-refractivity contribution in [3.63, 3.8) is 0 Å². The van der Waals surface area contributed by atoms with E-state index in [1.54, 1.807) is 17.0 Å². The molecule has 0 aliphatic carbocycles. The lowest BCUT2D eigenvalue weighted by molar-refractivity contribution is 0.142. The summed E-state index contributed by atoms with van der Waals surface area (Å²) in [6.45, 7) is 2.32. The maximum absolute atomic E-state index is 14.6. The first-order valence-corrected chi connectivity index (χ1v) is 10.1. The smallest absolute Gasteiger partial charge is 0.414 e. The minimum Gasteiger partial charge on any atom is -0.442 e. The number of para-hydroxylation sites is 1. The second-order valence-electron chi connectivity index (χ2n) is 6.40. The standard InChI is InChI=1S/C17H23FN4O2S2/c1-20(2)16(25)19-10-12-11-22(17(23)24-12)14-5-3-4-13(18)15(14)21-6-8-26-9-7-21/h3-5,12H,6-11H2,1-2H3,(H,19,25). The number of rotatable bonds is 4. The van der Waals surface area contributed by atoms with Crippen LogP contribution in [0.3, 0.4) is 0 Å². The summed E-state index contributed by atoms with van der Waals surface area (Å²) in [4.78, 5) is 17.7. The first-order valence-electron chi connectivity index (χ1n) is 8.52. The molecule has 6 nitrogen and oxygen atoms in total. The van der Waals surface area contributed by atoms with E-state index in [0.717, 1.165) is 24.6 Å². The van der Waals surface area contributed by atoms with Crippen molar-refractivity contribution in [3.05, 3.63) is 24.0 Å². The van der Waals surface area contributed by atoms with Gasteiger partial charge in [0.15, 0.2) is 5.11 Å². The van der Waals surface area contributed by atoms with Gasteiger partial charge >= 0.3 is 6.09 Å². The number of nitrogens with zero attached hydrogens (tertiary/aromatic N) is 3. The van der Waals surface area contributed by atoms with Gasteiger partial charge in [0, 0.05) is 38.7 Å². The molecule has 26 heavy (non-hydrogen) atoms. The van der Waals surface area contributed by atoms with Crippen LogP contribution in [0.1, 0.15) is 0 Å². The van der Waals surface area contributed by atoms with Gasteiger partial charge in [-0.3, -0.25) is 4.90 Å². The number of benzene rings is 1. The molecule has 1 aromatic carbocycles. The van der Waals surface area contributed by atoms with E-state index in [-0.39, 0.29) is 11.9 Å². The normalized spacial score (nSPS) is 20.1. The Morgan fingerprint density at radius 1 is 1.42 bits per heavy atom. The largest absolute Gasteiger partial charge is 0.442 e. The summed E-state index contributed by atoms with van der Waals surface area (Å²) < 4.78 is 20.0. The third-order valence-corrected chi connectivity index (χ3v) is 5.80. The predicted molar refractivity (Wildman–Crippen MR) is 108 cm³/mol. The van der Waals surface area contributed by atoms with Gasteiger partial charge in [-0.2, -0.15) is 11.8 Å². The minimum atomic E-state index is -0.453. The number of nitrogens with one attached hydrogen (secondary N) is 1. The Balaban J connectivity index is 1.75. The number of anilines is 2. The maximum atomic E-state index is 14.6. The van der Waals surface area contributed by atoms with Gasteiger partial charge in [-0.05, 0) is 24.4 Å². The van der Waals surface area contributed by atoms with Crippen molar-refractivity contribution in [1.29, 1.82) is 0 Å². The molecule has 2 saturated heterocycles. The highest BCUT2D eigenvalue weighted by Crippen LogP contribution is 2.35. The SMILES string of the molecule is CN(C)C(=S)NCC1CN(c2cccc(F)c2N2CCSCC2)C(=O)O1. The minimum absolute atomic E-state index is 0.308. The van der Waals surface area contributed by atoms with Crippen LogP contribution in [0, 0.1) is 5.82 Å². The molecule has 1 N–H and O–H groups in total. The Morgan fingerprint density at radius 2 is 2.15 bits per heavy atom. The molecule has 1 amide bonds. The lowest BCUT2D eigenvalue weighted by Gasteiger charge is -2.32. The second kappa shape index (κ2) is 8.30. The van der Waals surface area contributed by atoms with Gasteiger partial charge in [-0.15, -0.1) is 0 Å². The number of thioether (sulfide) groups is 1. The number of amides is 1. The Hall–Kier alpha value is -1.74. The van der Waals surface area contributed by atoms with E-state index in [4.69, 9.17) is 17.0 Å². The highest BCUT2D eigenvalue weighted by atomic mass is 32.2. The molecule has 2 aliphatic heterocycles. The lowest BCUT2D eigenvalue weighted by Crippen LogP contribution is -2.40. The van der Waals surface area contributed by atoms with Crippen LogP contribution in [-0.4, -0.2) is 74.0 Å². The fourth-order valence-corrected chi connectivity index (χ4v) is 3.99. The number of carbonyl (C=O) groups excluding carboxylic acids is 1. The fraction of sp³-hybridized carbons (Fsp3) is 0.529. The predicted octanol–water partition coefficient (Wildman–Crippen LogP) is 2.14. The molecule has 0 saturated carbocycles. The molecule has 0 bridgehead atoms. The van der Waals surface area contributed by atoms with Crippen LogP contribution in [-0.2, 0) is 4.74 Å². The van der Waals surface area contributed by atoms with Crippen molar-refractivity contribution in [2.24, 2.45) is 0 Å². The van der Waals surface area contributed by atoms with Gasteiger partial charge in [0.25, 0.3) is 0 Å². The molecule has 1 unspecified atom stereocenters. The van der Waals surface area contributed by atoms with Crippen molar-refractivity contribution < 1.29 is 13.9 Å². The molecule has 2 heterocycles. The van der Waals surface area contributed by atoms with Crippen LogP contribution < -0.4 is 15.1 Å². The summed E-state index contributed by atoms with van der Waals surface area (Å²) in [5.41, 5.74) is 1.06. The average Bonchev–Trinajstić information content (AvgIpc) is 3.00. The zero-order valence-corrected chi connectivity index (χ0v) is 16.5. The van der Waals surface area contributed by atoms with Gasteiger partial charge in [-0.1, -0.05) is 6.07 Å². The summed E-state index contributed by atoms with van der Waals surface area (Å²) in [6, 6.07) is 4.85. The Labute approximate surface area is 162 Å². The highest BCUT2D eigenvalue weighted by Gasteiger charge is 2.35. The van der Waals surface area contributed by atoms with E-state index in [1.165, 1.54) is 11.0 Å². The molecule has 3 rings (SSSR count). The third kappa shape index (κ3) is 4.15. The first-order chi connectivity index (χ1) is 12.5. The number of carbonyl (C=O) groups is 1. The topological polar surface area (TPSA) is 48.0 Å². The van der Waals surface area contributed by atoms with Crippen LogP contribution in [0.4, 0.5) is 20.6 Å². The van der Waals surface area contributed by atoms with E-state index in [2.05, 4.69) is 5.32 Å². The maximum Gasteiger partial charge on any atom is 0.414 e. The molecule has 142 valence electrons. The molecule has 1 aromatic rings. The van der Waals surface area contributed by atoms with E-state index >= 15 is 0 Å². The zero-order valence-electron chi connectivity index (χ0n) is 14.9. The van der Waals surface area contributed by atoms with Crippen molar-refractivity contribution in [3.8, 4) is 0 Å². The molecule has 2 fully saturated rings. The Kier molecular flexibility index (Phi) is 6.08. The number of hydrogen-bond donors (Lipinski definition) is 1. The van der Waals surface area contributed by atoms with Crippen molar-refractivity contribution >= 4 is 46.6 Å². The molecular formula is C17H23FN4O2S2. The number of cyclic esters (lactones) is 1. The van der Waals surface area contributed by atoms with Crippen LogP contribution in [0.5, 0.6) is 0 Å². The number of halogens is 1. The van der Waals surface area contributed by atoms with Gasteiger partial charge in [0.2, 0.25) is 0 Å². The van der Waals surface area contributed by atoms with Crippen molar-refractivity contribution in [1.82, 2.24) is 10.2 Å². The molecule has 1 atom stereocenters. The molecule has 0 aromatic heterocycles. The second-order valence-corrected chi connectivity index (χ2v) is 8.02. The molecule has 9 heteroatoms. The Bertz CT molecular complexity index is 683. The van der Waals surface area contributed by atoms with Crippen molar-refractivity contribution in [2.45, 2.75) is 6.10 Å². The van der Waals surface area contributed by atoms with E-state index in [1.807, 2.05) is 30.8 Å². The van der Waals surface area contributed by atoms with Crippen LogP contribution in [0.2, 0.25) is 0 Å². The number of thiocarbonyl (C=S) groups is 1. The summed E-state index contributed by atoms with van der Waals surface area (Å²) >= 11 is 7.05. The molecule has 0 radical (unpaired) electrons. The summed E-state index contributed by atoms with van der Waals surface area (Å²) in [7, 11) is 3.69. The quantitative estimate of drug-likeness (QED) is 0.780. The Morgan fingerprint density at radius 3 is 2.85 bits per heavy atom. The van der Waals surface area contributed by atoms with Crippen LogP contribution in [0.25, 0.3) is 0 Å². The summed E-state index contributed by atoms with van der Waals surface area (Å²) in [5, 5.41) is 3.65. The van der Waals surface area contributed by atoms with Gasteiger partial charge in [0.1, 0.15) is 11.9 Å². The molecular weight excluding hydrogens is 375 g/mol. The molecule has 2 aliphatic rings. The van der Waals surface area contributed by atoms with Gasteiger partial charge in [-0.25, -0.2) is 9.18 Å². The van der Waals surface area contributed by atoms with E-state index in [9.17, 15) is 9.18 Å². The lowest BCUT2D eigenvalue weighted by atomic mass is 10.2. The van der Waals surface area contributed by atoms with Crippen LogP contribution in [0.15, 0.2) is 18.2 Å². The fourth-order valence-electron chi connectivity index (χ4n) is 3.01. The van der Waals surface area contributed by atoms with E-state index in [0.29, 0.717) is 29.6 Å². The van der Waals surface area contributed by atoms with Gasteiger partial charge in [0.05, 0.1) is 24.5 Å². The highest BCUT2D eigenvalue weighted by molar-refractivity contribution is 7.99. The average molecular weight is 399 g/mol. The summed E-state index contributed by atoms with van der Waals surface area (Å²) in [5.74, 6) is 1.59. The van der Waals surface area contributed by atoms with Crippen molar-refractivity contribution in [2.75, 3.05) is 61.6 Å². The summed E-state index contributed by atoms with van der Waals surface area (Å²) in [6.07, 6.45) is -0.792. The molecule has 0 spiro atoms. The van der Waals surface area contributed by atoms with E-state index < -0.39 is 6.09 Å². The third-order valence-electron chi connectivity index (χ3n) is 4.34.